The number of hydrogen-bond acceptors (Lipinski definition) is 7. The van der Waals surface area contributed by atoms with Crippen molar-refractivity contribution in [3.05, 3.63) is 142 Å². The molecule has 3 heterocycles. The van der Waals surface area contributed by atoms with Crippen molar-refractivity contribution in [2.45, 2.75) is 44.0 Å². The number of phenols is 1. The number of halogens is 6. The molecule has 5 aliphatic rings. The Labute approximate surface area is 332 Å². The Bertz CT molecular complexity index is 2480. The molecule has 3 aliphatic heterocycles. The fourth-order valence-electron chi connectivity index (χ4n) is 9.89. The lowest BCUT2D eigenvalue weighted by molar-refractivity contribution is -0.143. The highest BCUT2D eigenvalue weighted by atomic mass is 19.4. The second kappa shape index (κ2) is 13.3. The van der Waals surface area contributed by atoms with Crippen LogP contribution in [-0.2, 0) is 43.4 Å². The number of anilines is 2. The number of rotatable bonds is 5. The monoisotopic (exact) mass is 813 g/mol. The molecular formula is C44H33F6N3O6. The number of aromatic hydroxyl groups is 1. The van der Waals surface area contributed by atoms with Crippen LogP contribution in [0.25, 0.3) is 0 Å². The molecule has 9 nitrogen and oxygen atoms in total. The maximum atomic E-state index is 15.4. The number of nitrogens with zero attached hydrogens (tertiary/aromatic N) is 2. The van der Waals surface area contributed by atoms with Gasteiger partial charge in [-0.2, -0.15) is 31.4 Å². The SMILES string of the molecule is Cc1ccc(NN2C(=O)C3CC4C(=CCC5C(=O)N(c6cc(C(F)(F)F)cc(C(F)(F)F)c6)C(=O)C54)C(C4=COc5ccc(O)cc5C4)C3(c3ccccc3)C2=O)cc1. The van der Waals surface area contributed by atoms with E-state index in [2.05, 4.69) is 5.43 Å². The summed E-state index contributed by atoms with van der Waals surface area (Å²) >= 11 is 0. The number of carbonyl (C=O) groups is 4. The molecule has 2 saturated heterocycles. The molecule has 302 valence electrons. The molecule has 4 amide bonds. The molecule has 3 fully saturated rings. The van der Waals surface area contributed by atoms with E-state index in [0.29, 0.717) is 50.7 Å². The summed E-state index contributed by atoms with van der Waals surface area (Å²) in [5.74, 6) is -8.48. The van der Waals surface area contributed by atoms with Crippen LogP contribution in [-0.4, -0.2) is 33.7 Å². The van der Waals surface area contributed by atoms with E-state index < -0.39 is 87.8 Å². The molecule has 0 spiro atoms. The third-order valence-electron chi connectivity index (χ3n) is 12.4. The Morgan fingerprint density at radius 3 is 2.14 bits per heavy atom. The van der Waals surface area contributed by atoms with Gasteiger partial charge in [-0.15, -0.1) is 0 Å². The van der Waals surface area contributed by atoms with Crippen molar-refractivity contribution in [2.24, 2.45) is 29.6 Å². The van der Waals surface area contributed by atoms with Crippen LogP contribution in [0.4, 0.5) is 37.7 Å². The molecule has 0 radical (unpaired) electrons. The maximum Gasteiger partial charge on any atom is 0.416 e. The smallest absolute Gasteiger partial charge is 0.416 e. The van der Waals surface area contributed by atoms with E-state index in [1.165, 1.54) is 18.4 Å². The largest absolute Gasteiger partial charge is 0.508 e. The van der Waals surface area contributed by atoms with E-state index in [-0.39, 0.29) is 31.1 Å². The van der Waals surface area contributed by atoms with Gasteiger partial charge < -0.3 is 9.84 Å². The lowest BCUT2D eigenvalue weighted by Gasteiger charge is -2.51. The summed E-state index contributed by atoms with van der Waals surface area (Å²) in [7, 11) is 0. The van der Waals surface area contributed by atoms with Gasteiger partial charge in [0.05, 0.1) is 51.9 Å². The number of aryl methyl sites for hydroxylation is 1. The second-order valence-electron chi connectivity index (χ2n) is 15.6. The molecular weight excluding hydrogens is 780 g/mol. The molecule has 0 aromatic heterocycles. The number of phenolic OH excluding ortho intramolecular Hbond substituents is 1. The minimum atomic E-state index is -5.24. The van der Waals surface area contributed by atoms with Crippen LogP contribution in [0.5, 0.6) is 11.5 Å². The van der Waals surface area contributed by atoms with Crippen LogP contribution < -0.4 is 15.1 Å². The summed E-state index contributed by atoms with van der Waals surface area (Å²) in [6.45, 7) is 1.87. The molecule has 59 heavy (non-hydrogen) atoms. The van der Waals surface area contributed by atoms with E-state index in [9.17, 15) is 45.8 Å². The summed E-state index contributed by atoms with van der Waals surface area (Å²) in [6.07, 6.45) is -7.45. The highest BCUT2D eigenvalue weighted by Gasteiger charge is 2.71. The number of alkyl halides is 6. The van der Waals surface area contributed by atoms with Gasteiger partial charge in [0, 0.05) is 17.9 Å². The van der Waals surface area contributed by atoms with Gasteiger partial charge in [-0.1, -0.05) is 59.7 Å². The highest BCUT2D eigenvalue weighted by molar-refractivity contribution is 6.22. The van der Waals surface area contributed by atoms with Gasteiger partial charge in [-0.25, -0.2) is 4.90 Å². The molecule has 6 unspecified atom stereocenters. The molecule has 4 aromatic rings. The fourth-order valence-corrected chi connectivity index (χ4v) is 9.89. The molecule has 0 bridgehead atoms. The van der Waals surface area contributed by atoms with Gasteiger partial charge in [0.15, 0.2) is 0 Å². The van der Waals surface area contributed by atoms with Crippen molar-refractivity contribution in [1.82, 2.24) is 5.01 Å². The first kappa shape index (κ1) is 38.2. The number of amides is 4. The number of hydrogen-bond donors (Lipinski definition) is 2. The first-order chi connectivity index (χ1) is 28.0. The Balaban J connectivity index is 1.20. The van der Waals surface area contributed by atoms with Crippen LogP contribution >= 0.6 is 0 Å². The summed E-state index contributed by atoms with van der Waals surface area (Å²) in [6, 6.07) is 20.8. The van der Waals surface area contributed by atoms with E-state index in [4.69, 9.17) is 4.74 Å². The quantitative estimate of drug-likeness (QED) is 0.118. The minimum absolute atomic E-state index is 0.0514. The van der Waals surface area contributed by atoms with Gasteiger partial charge >= 0.3 is 12.4 Å². The van der Waals surface area contributed by atoms with Gasteiger partial charge in [-0.3, -0.25) is 24.6 Å². The fraction of sp³-hybridized carbons (Fsp3) is 0.273. The van der Waals surface area contributed by atoms with E-state index >= 15 is 4.79 Å². The Morgan fingerprint density at radius 2 is 1.47 bits per heavy atom. The Morgan fingerprint density at radius 1 is 0.797 bits per heavy atom. The van der Waals surface area contributed by atoms with Gasteiger partial charge in [-0.05, 0) is 85.4 Å². The number of fused-ring (bicyclic) bond motifs is 5. The van der Waals surface area contributed by atoms with E-state index in [0.717, 1.165) is 10.6 Å². The summed E-state index contributed by atoms with van der Waals surface area (Å²) in [4.78, 5) is 59.4. The van der Waals surface area contributed by atoms with Crippen molar-refractivity contribution in [1.29, 1.82) is 0 Å². The van der Waals surface area contributed by atoms with Crippen LogP contribution in [0.15, 0.2) is 114 Å². The molecule has 15 heteroatoms. The zero-order chi connectivity index (χ0) is 41.8. The molecule has 4 aromatic carbocycles. The number of allylic oxidation sites excluding steroid dienone is 3. The molecule has 2 N–H and O–H groups in total. The Hall–Kier alpha value is -6.38. The predicted octanol–water partition coefficient (Wildman–Crippen LogP) is 8.28. The topological polar surface area (TPSA) is 116 Å². The number of hydrazine groups is 1. The van der Waals surface area contributed by atoms with Crippen molar-refractivity contribution in [3.8, 4) is 11.5 Å². The van der Waals surface area contributed by atoms with Crippen molar-refractivity contribution >= 4 is 35.0 Å². The first-order valence-electron chi connectivity index (χ1n) is 18.8. The van der Waals surface area contributed by atoms with Crippen LogP contribution in [0.1, 0.15) is 40.7 Å². The van der Waals surface area contributed by atoms with Crippen LogP contribution in [0, 0.1) is 36.5 Å². The second-order valence-corrected chi connectivity index (χ2v) is 15.6. The normalized spacial score (nSPS) is 26.4. The third kappa shape index (κ3) is 5.91. The number of nitrogens with one attached hydrogen (secondary N) is 1. The predicted molar refractivity (Wildman–Crippen MR) is 199 cm³/mol. The standard InChI is InChI=1S/C44H33F6N3O6/c1-22-7-9-28(10-8-22)51-53-39(56)34-20-33-31(12-13-32-36(33)40(57)52(38(32)55)29-18-26(43(45,46)47)17-27(19-29)44(48,49)50)37(42(34,41(53)58)25-5-3-2-4-6-25)24-15-23-16-30(54)11-14-35(23)59-21-24/h2-12,14,16-19,21,32-34,36-37,51,54H,13,15,20H2,1H3. The van der Waals surface area contributed by atoms with Gasteiger partial charge in [0.2, 0.25) is 11.8 Å². The van der Waals surface area contributed by atoms with Crippen molar-refractivity contribution < 1.29 is 55.4 Å². The summed E-state index contributed by atoms with van der Waals surface area (Å²) < 4.78 is 89.9. The Kier molecular flexibility index (Phi) is 8.62. The molecule has 9 rings (SSSR count). The average molecular weight is 814 g/mol. The highest BCUT2D eigenvalue weighted by Crippen LogP contribution is 2.63. The molecule has 6 atom stereocenters. The zero-order valence-corrected chi connectivity index (χ0v) is 31.0. The lowest BCUT2D eigenvalue weighted by Crippen LogP contribution is -2.55. The van der Waals surface area contributed by atoms with E-state index in [1.54, 1.807) is 66.7 Å². The van der Waals surface area contributed by atoms with Crippen LogP contribution in [0.3, 0.4) is 0 Å². The minimum Gasteiger partial charge on any atom is -0.508 e. The van der Waals surface area contributed by atoms with Crippen molar-refractivity contribution in [2.75, 3.05) is 10.3 Å². The van der Waals surface area contributed by atoms with Gasteiger partial charge in [0.25, 0.3) is 11.8 Å². The average Bonchev–Trinajstić information content (AvgIpc) is 3.58. The summed E-state index contributed by atoms with van der Waals surface area (Å²) in [5, 5.41) is 11.4. The first-order valence-corrected chi connectivity index (χ1v) is 18.8. The van der Waals surface area contributed by atoms with E-state index in [1.807, 2.05) is 6.92 Å². The summed E-state index contributed by atoms with van der Waals surface area (Å²) in [5.41, 5.74) is 0.493. The van der Waals surface area contributed by atoms with Crippen molar-refractivity contribution in [3.63, 3.8) is 0 Å². The number of carbonyl (C=O) groups excluding carboxylic acids is 4. The van der Waals surface area contributed by atoms with Crippen LogP contribution in [0.2, 0.25) is 0 Å². The van der Waals surface area contributed by atoms with Gasteiger partial charge in [0.1, 0.15) is 11.5 Å². The third-order valence-corrected chi connectivity index (χ3v) is 12.4. The lowest BCUT2D eigenvalue weighted by atomic mass is 9.48. The number of benzene rings is 4. The molecule has 2 aliphatic carbocycles. The number of imide groups is 2. The maximum absolute atomic E-state index is 15.4. The number of ether oxygens (including phenoxy) is 1. The molecule has 1 saturated carbocycles. The zero-order valence-electron chi connectivity index (χ0n) is 31.0.